The molecule has 1 unspecified atom stereocenters. The first kappa shape index (κ1) is 20.9. The lowest BCUT2D eigenvalue weighted by molar-refractivity contribution is 0.127. The summed E-state index contributed by atoms with van der Waals surface area (Å²) in [6.07, 6.45) is 9.00. The number of benzene rings is 1. The van der Waals surface area contributed by atoms with Gasteiger partial charge in [-0.3, -0.25) is 9.47 Å². The molecule has 2 aliphatic rings. The van der Waals surface area contributed by atoms with Crippen molar-refractivity contribution in [2.24, 2.45) is 0 Å². The third kappa shape index (κ3) is 4.61. The molecule has 1 saturated heterocycles. The normalized spacial score (nSPS) is 18.4. The molecular formula is C24H30N6O2. The summed E-state index contributed by atoms with van der Waals surface area (Å²) in [6.45, 7) is 6.34. The lowest BCUT2D eigenvalue weighted by Crippen LogP contribution is -2.39. The number of aromatic nitrogens is 4. The number of ether oxygens (including phenoxy) is 2. The zero-order valence-corrected chi connectivity index (χ0v) is 18.8. The van der Waals surface area contributed by atoms with E-state index in [4.69, 9.17) is 14.5 Å². The molecule has 0 spiro atoms. The van der Waals surface area contributed by atoms with Gasteiger partial charge in [0.1, 0.15) is 6.33 Å². The number of nitrogens with zero attached hydrogens (tertiary/aromatic N) is 6. The molecule has 0 bridgehead atoms. The van der Waals surface area contributed by atoms with Gasteiger partial charge >= 0.3 is 0 Å². The predicted octanol–water partition coefficient (Wildman–Crippen LogP) is 3.36. The van der Waals surface area contributed by atoms with Gasteiger partial charge in [-0.2, -0.15) is 0 Å². The van der Waals surface area contributed by atoms with Crippen LogP contribution in [0.4, 0.5) is 0 Å². The van der Waals surface area contributed by atoms with Crippen LogP contribution in [0.3, 0.4) is 0 Å². The lowest BCUT2D eigenvalue weighted by Gasteiger charge is -2.36. The highest BCUT2D eigenvalue weighted by Gasteiger charge is 2.26. The van der Waals surface area contributed by atoms with Gasteiger partial charge in [0.2, 0.25) is 12.7 Å². The lowest BCUT2D eigenvalue weighted by atomic mass is 9.98. The van der Waals surface area contributed by atoms with Crippen LogP contribution in [-0.4, -0.2) is 62.8 Å². The molecule has 4 heterocycles. The van der Waals surface area contributed by atoms with E-state index in [9.17, 15) is 0 Å². The molecule has 8 heteroatoms. The molecule has 1 atom stereocenters. The number of likely N-dealkylation sites (N-methyl/N-ethyl adjacent to an activating group) is 1. The number of hydrogen-bond acceptors (Lipinski definition) is 7. The first-order valence-electron chi connectivity index (χ1n) is 11.3. The summed E-state index contributed by atoms with van der Waals surface area (Å²) < 4.78 is 12.8. The van der Waals surface area contributed by atoms with Crippen LogP contribution in [0.25, 0.3) is 5.95 Å². The molecule has 0 saturated carbocycles. The summed E-state index contributed by atoms with van der Waals surface area (Å²) >= 11 is 0. The van der Waals surface area contributed by atoms with Crippen molar-refractivity contribution in [3.05, 3.63) is 59.9 Å². The van der Waals surface area contributed by atoms with E-state index in [2.05, 4.69) is 45.0 Å². The van der Waals surface area contributed by atoms with Crippen LogP contribution in [0.1, 0.15) is 42.3 Å². The highest BCUT2D eigenvalue weighted by Crippen LogP contribution is 2.33. The molecule has 168 valence electrons. The molecule has 0 aliphatic carbocycles. The fourth-order valence-corrected chi connectivity index (χ4v) is 4.56. The quantitative estimate of drug-likeness (QED) is 0.565. The molecule has 2 aromatic heterocycles. The molecule has 2 aliphatic heterocycles. The van der Waals surface area contributed by atoms with Gasteiger partial charge in [0.25, 0.3) is 0 Å². The average molecular weight is 435 g/mol. The third-order valence-electron chi connectivity index (χ3n) is 6.21. The van der Waals surface area contributed by atoms with E-state index in [0.717, 1.165) is 55.5 Å². The van der Waals surface area contributed by atoms with E-state index in [-0.39, 0.29) is 0 Å². The molecule has 1 fully saturated rings. The van der Waals surface area contributed by atoms with Crippen molar-refractivity contribution >= 4 is 0 Å². The van der Waals surface area contributed by atoms with Gasteiger partial charge in [0, 0.05) is 37.7 Å². The Hall–Kier alpha value is -2.97. The Balaban J connectivity index is 1.25. The van der Waals surface area contributed by atoms with E-state index >= 15 is 0 Å². The van der Waals surface area contributed by atoms with E-state index < -0.39 is 0 Å². The second-order valence-corrected chi connectivity index (χ2v) is 8.68. The Bertz CT molecular complexity index is 1050. The largest absolute Gasteiger partial charge is 0.454 e. The summed E-state index contributed by atoms with van der Waals surface area (Å²) in [5, 5.41) is 0. The average Bonchev–Trinajstić information content (AvgIpc) is 3.49. The maximum absolute atomic E-state index is 5.52. The first-order chi connectivity index (χ1) is 15.7. The topological polar surface area (TPSA) is 68.5 Å². The Labute approximate surface area is 188 Å². The van der Waals surface area contributed by atoms with Crippen LogP contribution >= 0.6 is 0 Å². The first-order valence-corrected chi connectivity index (χ1v) is 11.3. The molecule has 8 nitrogen and oxygen atoms in total. The molecule has 3 aromatic rings. The minimum Gasteiger partial charge on any atom is -0.454 e. The number of aryl methyl sites for hydroxylation is 1. The van der Waals surface area contributed by atoms with E-state index in [1.54, 1.807) is 12.5 Å². The van der Waals surface area contributed by atoms with Crippen LogP contribution in [-0.2, 0) is 6.54 Å². The van der Waals surface area contributed by atoms with Gasteiger partial charge in [-0.15, -0.1) is 0 Å². The summed E-state index contributed by atoms with van der Waals surface area (Å²) in [7, 11) is 2.18. The van der Waals surface area contributed by atoms with Crippen LogP contribution < -0.4 is 9.47 Å². The van der Waals surface area contributed by atoms with Gasteiger partial charge in [-0.05, 0) is 57.1 Å². The van der Waals surface area contributed by atoms with E-state index in [0.29, 0.717) is 18.8 Å². The third-order valence-corrected chi connectivity index (χ3v) is 6.21. The van der Waals surface area contributed by atoms with Gasteiger partial charge < -0.3 is 14.4 Å². The Morgan fingerprint density at radius 1 is 1.12 bits per heavy atom. The summed E-state index contributed by atoms with van der Waals surface area (Å²) in [5.74, 6) is 2.38. The fourth-order valence-electron chi connectivity index (χ4n) is 4.56. The standard InChI is InChI=1S/C24H30N6O2/c1-18-13-20(27-24(26-18)30-10-8-25-16-30)21-5-3-4-9-29(21)12-11-28(2)15-19-6-7-22-23(14-19)32-17-31-22/h6-8,10,13-14,16,21H,3-5,9,11-12,15,17H2,1-2H3. The Morgan fingerprint density at radius 3 is 2.91 bits per heavy atom. The molecule has 0 N–H and O–H groups in total. The van der Waals surface area contributed by atoms with Gasteiger partial charge in [0.15, 0.2) is 11.5 Å². The fraction of sp³-hybridized carbons (Fsp3) is 0.458. The highest BCUT2D eigenvalue weighted by atomic mass is 16.7. The number of likely N-dealkylation sites (tertiary alicyclic amines) is 1. The predicted molar refractivity (Wildman–Crippen MR) is 121 cm³/mol. The maximum Gasteiger partial charge on any atom is 0.235 e. The molecule has 0 amide bonds. The summed E-state index contributed by atoms with van der Waals surface area (Å²) in [5.41, 5.74) is 3.34. The van der Waals surface area contributed by atoms with Gasteiger partial charge in [-0.1, -0.05) is 12.5 Å². The second kappa shape index (κ2) is 9.26. The molecule has 5 rings (SSSR count). The zero-order valence-electron chi connectivity index (χ0n) is 18.8. The number of piperidine rings is 1. The van der Waals surface area contributed by atoms with Crippen molar-refractivity contribution in [3.63, 3.8) is 0 Å². The molecule has 1 aromatic carbocycles. The van der Waals surface area contributed by atoms with Crippen molar-refractivity contribution in [2.75, 3.05) is 33.5 Å². The monoisotopic (exact) mass is 434 g/mol. The maximum atomic E-state index is 5.52. The van der Waals surface area contributed by atoms with E-state index in [1.165, 1.54) is 18.4 Å². The van der Waals surface area contributed by atoms with Crippen LogP contribution in [0.5, 0.6) is 11.5 Å². The number of imidazole rings is 1. The van der Waals surface area contributed by atoms with Crippen LogP contribution in [0.15, 0.2) is 43.0 Å². The Kier molecular flexibility index (Phi) is 6.05. The minimum atomic E-state index is 0.316. The molecule has 0 radical (unpaired) electrons. The number of rotatable bonds is 7. The number of fused-ring (bicyclic) bond motifs is 1. The summed E-state index contributed by atoms with van der Waals surface area (Å²) in [4.78, 5) is 18.6. The van der Waals surface area contributed by atoms with Gasteiger partial charge in [-0.25, -0.2) is 15.0 Å². The number of hydrogen-bond donors (Lipinski definition) is 0. The molecule has 32 heavy (non-hydrogen) atoms. The van der Waals surface area contributed by atoms with Crippen LogP contribution in [0, 0.1) is 6.92 Å². The zero-order chi connectivity index (χ0) is 21.9. The molecular weight excluding hydrogens is 404 g/mol. The van der Waals surface area contributed by atoms with Crippen molar-refractivity contribution in [3.8, 4) is 17.4 Å². The van der Waals surface area contributed by atoms with Crippen molar-refractivity contribution < 1.29 is 9.47 Å². The SMILES string of the molecule is Cc1cc(C2CCCCN2CCN(C)Cc2ccc3c(c2)OCO3)nc(-n2ccnc2)n1. The van der Waals surface area contributed by atoms with Crippen LogP contribution in [0.2, 0.25) is 0 Å². The van der Waals surface area contributed by atoms with Crippen molar-refractivity contribution in [1.82, 2.24) is 29.3 Å². The van der Waals surface area contributed by atoms with Crippen molar-refractivity contribution in [2.45, 2.75) is 38.8 Å². The van der Waals surface area contributed by atoms with Crippen molar-refractivity contribution in [1.29, 1.82) is 0 Å². The summed E-state index contributed by atoms with van der Waals surface area (Å²) in [6, 6.07) is 8.67. The second-order valence-electron chi connectivity index (χ2n) is 8.68. The Morgan fingerprint density at radius 2 is 2.03 bits per heavy atom. The smallest absolute Gasteiger partial charge is 0.235 e. The van der Waals surface area contributed by atoms with E-state index in [1.807, 2.05) is 23.8 Å². The van der Waals surface area contributed by atoms with Gasteiger partial charge in [0.05, 0.1) is 11.7 Å². The minimum absolute atomic E-state index is 0.316. The highest BCUT2D eigenvalue weighted by molar-refractivity contribution is 5.44.